The molecule has 0 aromatic heterocycles. The summed E-state index contributed by atoms with van der Waals surface area (Å²) in [5, 5.41) is 3.45. The second-order valence-electron chi connectivity index (χ2n) is 7.85. The standard InChI is InChI=1S/C19H25NOS/c1-13-2-4-17(5-3-13)22-12-18(21)20-19-9-14-6-15(10-19)8-16(7-14)11-19/h2-5,14-16H,6-12H2,1H3,(H,20,21). The van der Waals surface area contributed by atoms with Crippen LogP contribution in [0.5, 0.6) is 0 Å². The van der Waals surface area contributed by atoms with Gasteiger partial charge in [-0.15, -0.1) is 11.8 Å². The second-order valence-corrected chi connectivity index (χ2v) is 8.90. The van der Waals surface area contributed by atoms with Crippen molar-refractivity contribution < 1.29 is 4.79 Å². The molecule has 0 atom stereocenters. The summed E-state index contributed by atoms with van der Waals surface area (Å²) in [6, 6.07) is 8.44. The molecule has 4 aliphatic carbocycles. The number of hydrogen-bond acceptors (Lipinski definition) is 2. The van der Waals surface area contributed by atoms with Crippen LogP contribution >= 0.6 is 11.8 Å². The average molecular weight is 315 g/mol. The lowest BCUT2D eigenvalue weighted by Crippen LogP contribution is -2.60. The highest BCUT2D eigenvalue weighted by Crippen LogP contribution is 2.55. The van der Waals surface area contributed by atoms with Gasteiger partial charge >= 0.3 is 0 Å². The van der Waals surface area contributed by atoms with Crippen molar-refractivity contribution in [1.29, 1.82) is 0 Å². The smallest absolute Gasteiger partial charge is 0.230 e. The summed E-state index contributed by atoms with van der Waals surface area (Å²) in [5.41, 5.74) is 1.42. The van der Waals surface area contributed by atoms with Crippen molar-refractivity contribution in [3.8, 4) is 0 Å². The highest BCUT2D eigenvalue weighted by molar-refractivity contribution is 8.00. The predicted molar refractivity (Wildman–Crippen MR) is 90.9 cm³/mol. The maximum Gasteiger partial charge on any atom is 0.230 e. The Labute approximate surface area is 137 Å². The van der Waals surface area contributed by atoms with Gasteiger partial charge in [0.25, 0.3) is 0 Å². The Kier molecular flexibility index (Phi) is 3.72. The van der Waals surface area contributed by atoms with Gasteiger partial charge in [-0.2, -0.15) is 0 Å². The number of nitrogens with one attached hydrogen (secondary N) is 1. The van der Waals surface area contributed by atoms with E-state index in [1.165, 1.54) is 49.0 Å². The number of aryl methyl sites for hydroxylation is 1. The molecule has 4 fully saturated rings. The Bertz CT molecular complexity index is 530. The highest BCUT2D eigenvalue weighted by atomic mass is 32.2. The fraction of sp³-hybridized carbons (Fsp3) is 0.632. The van der Waals surface area contributed by atoms with Crippen molar-refractivity contribution >= 4 is 17.7 Å². The summed E-state index contributed by atoms with van der Waals surface area (Å²) in [6.07, 6.45) is 7.98. The van der Waals surface area contributed by atoms with Gasteiger partial charge in [0.1, 0.15) is 0 Å². The van der Waals surface area contributed by atoms with E-state index in [0.29, 0.717) is 5.75 Å². The minimum Gasteiger partial charge on any atom is -0.350 e. The maximum absolute atomic E-state index is 12.4. The van der Waals surface area contributed by atoms with Gasteiger partial charge in [0.15, 0.2) is 0 Å². The summed E-state index contributed by atoms with van der Waals surface area (Å²) in [6.45, 7) is 2.09. The molecule has 4 saturated carbocycles. The minimum absolute atomic E-state index is 0.152. The zero-order valence-corrected chi connectivity index (χ0v) is 14.1. The maximum atomic E-state index is 12.4. The summed E-state index contributed by atoms with van der Waals surface area (Å²) < 4.78 is 0. The van der Waals surface area contributed by atoms with E-state index in [1.54, 1.807) is 11.8 Å². The SMILES string of the molecule is Cc1ccc(SCC(=O)NC23CC4CC(CC(C4)C2)C3)cc1. The lowest BCUT2D eigenvalue weighted by molar-refractivity contribution is -0.124. The lowest BCUT2D eigenvalue weighted by Gasteiger charge is -2.56. The van der Waals surface area contributed by atoms with E-state index in [0.717, 1.165) is 17.8 Å². The molecule has 1 N–H and O–H groups in total. The van der Waals surface area contributed by atoms with Crippen molar-refractivity contribution in [2.75, 3.05) is 5.75 Å². The van der Waals surface area contributed by atoms with Crippen molar-refractivity contribution in [2.24, 2.45) is 17.8 Å². The van der Waals surface area contributed by atoms with Crippen molar-refractivity contribution in [2.45, 2.75) is 55.9 Å². The van der Waals surface area contributed by atoms with Gasteiger partial charge < -0.3 is 5.32 Å². The number of benzene rings is 1. The third-order valence-electron chi connectivity index (χ3n) is 5.83. The van der Waals surface area contributed by atoms with Gasteiger partial charge in [-0.05, 0) is 75.3 Å². The molecule has 3 heteroatoms. The minimum atomic E-state index is 0.152. The normalized spacial score (nSPS) is 35.6. The Morgan fingerprint density at radius 3 is 2.18 bits per heavy atom. The number of carbonyl (C=O) groups excluding carboxylic acids is 1. The predicted octanol–water partition coefficient (Wildman–Crippen LogP) is 4.17. The van der Waals surface area contributed by atoms with Crippen LogP contribution in [0.25, 0.3) is 0 Å². The summed E-state index contributed by atoms with van der Waals surface area (Å²) >= 11 is 1.65. The highest BCUT2D eigenvalue weighted by Gasteiger charge is 2.51. The van der Waals surface area contributed by atoms with Gasteiger partial charge in [0.05, 0.1) is 5.75 Å². The van der Waals surface area contributed by atoms with Crippen LogP contribution in [0.1, 0.15) is 44.1 Å². The van der Waals surface area contributed by atoms with Crippen LogP contribution in [0.2, 0.25) is 0 Å². The molecule has 2 nitrogen and oxygen atoms in total. The third-order valence-corrected chi connectivity index (χ3v) is 6.85. The molecule has 118 valence electrons. The summed E-state index contributed by atoms with van der Waals surface area (Å²) in [4.78, 5) is 13.6. The zero-order chi connectivity index (χ0) is 15.2. The molecule has 1 amide bonds. The van der Waals surface area contributed by atoms with Gasteiger partial charge in [-0.25, -0.2) is 0 Å². The monoisotopic (exact) mass is 315 g/mol. The van der Waals surface area contributed by atoms with Crippen molar-refractivity contribution in [3.05, 3.63) is 29.8 Å². The molecule has 1 aromatic carbocycles. The van der Waals surface area contributed by atoms with Crippen molar-refractivity contribution in [1.82, 2.24) is 5.32 Å². The Morgan fingerprint density at radius 1 is 1.09 bits per heavy atom. The number of amides is 1. The van der Waals surface area contributed by atoms with Crippen LogP contribution in [-0.2, 0) is 4.79 Å². The van der Waals surface area contributed by atoms with E-state index < -0.39 is 0 Å². The molecule has 22 heavy (non-hydrogen) atoms. The largest absolute Gasteiger partial charge is 0.350 e. The first-order chi connectivity index (χ1) is 10.6. The molecule has 1 aromatic rings. The number of rotatable bonds is 4. The molecular weight excluding hydrogens is 290 g/mol. The van der Waals surface area contributed by atoms with Crippen LogP contribution < -0.4 is 5.32 Å². The second kappa shape index (κ2) is 5.59. The number of thioether (sulfide) groups is 1. The molecular formula is C19H25NOS. The first-order valence-electron chi connectivity index (χ1n) is 8.61. The van der Waals surface area contributed by atoms with E-state index >= 15 is 0 Å². The third kappa shape index (κ3) is 2.92. The Hall–Kier alpha value is -0.960. The average Bonchev–Trinajstić information content (AvgIpc) is 2.44. The Balaban J connectivity index is 1.35. The van der Waals surface area contributed by atoms with Crippen LogP contribution in [0.15, 0.2) is 29.2 Å². The first-order valence-corrected chi connectivity index (χ1v) is 9.59. The van der Waals surface area contributed by atoms with Gasteiger partial charge in [0.2, 0.25) is 5.91 Å². The van der Waals surface area contributed by atoms with E-state index in [1.807, 2.05) is 0 Å². The molecule has 0 spiro atoms. The van der Waals surface area contributed by atoms with Crippen LogP contribution in [0.4, 0.5) is 0 Å². The summed E-state index contributed by atoms with van der Waals surface area (Å²) in [5.74, 6) is 3.43. The molecule has 0 saturated heterocycles. The van der Waals surface area contributed by atoms with Crippen LogP contribution in [0.3, 0.4) is 0 Å². The van der Waals surface area contributed by atoms with Gasteiger partial charge in [0, 0.05) is 10.4 Å². The molecule has 0 radical (unpaired) electrons. The molecule has 5 rings (SSSR count). The van der Waals surface area contributed by atoms with E-state index in [4.69, 9.17) is 0 Å². The van der Waals surface area contributed by atoms with Gasteiger partial charge in [-0.1, -0.05) is 17.7 Å². The molecule has 0 heterocycles. The molecule has 0 unspecified atom stereocenters. The lowest BCUT2D eigenvalue weighted by atomic mass is 9.53. The molecule has 0 aliphatic heterocycles. The van der Waals surface area contributed by atoms with Crippen LogP contribution in [-0.4, -0.2) is 17.2 Å². The van der Waals surface area contributed by atoms with Gasteiger partial charge in [-0.3, -0.25) is 4.79 Å². The Morgan fingerprint density at radius 2 is 1.64 bits per heavy atom. The fourth-order valence-electron chi connectivity index (χ4n) is 5.38. The number of carbonyl (C=O) groups is 1. The van der Waals surface area contributed by atoms with E-state index in [2.05, 4.69) is 36.5 Å². The fourth-order valence-corrected chi connectivity index (χ4v) is 6.08. The zero-order valence-electron chi connectivity index (χ0n) is 13.3. The summed E-state index contributed by atoms with van der Waals surface area (Å²) in [7, 11) is 0. The van der Waals surface area contributed by atoms with Crippen molar-refractivity contribution in [3.63, 3.8) is 0 Å². The number of hydrogen-bond donors (Lipinski definition) is 1. The topological polar surface area (TPSA) is 29.1 Å². The van der Waals surface area contributed by atoms with Crippen LogP contribution in [0, 0.1) is 24.7 Å². The quantitative estimate of drug-likeness (QED) is 0.845. The molecule has 4 aliphatic rings. The van der Waals surface area contributed by atoms with E-state index in [-0.39, 0.29) is 11.4 Å². The van der Waals surface area contributed by atoms with E-state index in [9.17, 15) is 4.79 Å². The molecule has 4 bridgehead atoms. The first kappa shape index (κ1) is 14.6.